The highest BCUT2D eigenvalue weighted by Crippen LogP contribution is 2.20. The van der Waals surface area contributed by atoms with Gasteiger partial charge in [0.25, 0.3) is 5.91 Å². The maximum atomic E-state index is 14.4. The van der Waals surface area contributed by atoms with Crippen molar-refractivity contribution in [1.82, 2.24) is 20.0 Å². The summed E-state index contributed by atoms with van der Waals surface area (Å²) >= 11 is 0. The van der Waals surface area contributed by atoms with Gasteiger partial charge in [-0.1, -0.05) is 54.6 Å². The van der Waals surface area contributed by atoms with E-state index in [0.29, 0.717) is 31.7 Å². The molecule has 1 aliphatic rings. The first kappa shape index (κ1) is 26.0. The molecule has 1 fully saturated rings. The van der Waals surface area contributed by atoms with E-state index >= 15 is 0 Å². The molecule has 198 valence electrons. The van der Waals surface area contributed by atoms with Crippen LogP contribution in [0.2, 0.25) is 0 Å². The average Bonchev–Trinajstić information content (AvgIpc) is 2.98. The number of carbonyl (C=O) groups is 2. The van der Waals surface area contributed by atoms with Gasteiger partial charge in [0.1, 0.15) is 18.2 Å². The van der Waals surface area contributed by atoms with Crippen LogP contribution in [0.1, 0.15) is 15.9 Å². The smallest absolute Gasteiger partial charge is 0.257 e. The number of hydrogen-bond acceptors (Lipinski definition) is 5. The van der Waals surface area contributed by atoms with Gasteiger partial charge in [0.15, 0.2) is 5.82 Å². The minimum absolute atomic E-state index is 0.0442. The molecule has 0 saturated carbocycles. The molecule has 3 aromatic carbocycles. The van der Waals surface area contributed by atoms with Crippen molar-refractivity contribution in [2.75, 3.05) is 37.6 Å². The van der Waals surface area contributed by atoms with E-state index in [1.54, 1.807) is 23.1 Å². The van der Waals surface area contributed by atoms with Crippen LogP contribution in [-0.4, -0.2) is 64.5 Å². The van der Waals surface area contributed by atoms with E-state index in [1.165, 1.54) is 35.2 Å². The second-order valence-electron chi connectivity index (χ2n) is 9.28. The summed E-state index contributed by atoms with van der Waals surface area (Å²) in [6, 6.07) is 25.0. The van der Waals surface area contributed by atoms with Gasteiger partial charge in [-0.3, -0.25) is 9.59 Å². The van der Waals surface area contributed by atoms with Gasteiger partial charge in [0, 0.05) is 38.3 Å². The summed E-state index contributed by atoms with van der Waals surface area (Å²) in [5.41, 5.74) is 2.29. The lowest BCUT2D eigenvalue weighted by atomic mass is 10.1. The maximum absolute atomic E-state index is 14.4. The number of aromatic nitrogens is 2. The lowest BCUT2D eigenvalue weighted by Crippen LogP contribution is -2.52. The molecule has 0 atom stereocenters. The molecule has 1 aliphatic heterocycles. The van der Waals surface area contributed by atoms with Crippen molar-refractivity contribution < 1.29 is 18.4 Å². The first-order chi connectivity index (χ1) is 19.0. The Morgan fingerprint density at radius 3 is 2.13 bits per heavy atom. The molecule has 4 aromatic rings. The molecule has 5 rings (SSSR count). The standard InChI is InChI=1S/C30H27F2N5O2/c31-24-12-10-22(11-13-24)20-37(30(39)25-8-4-5-9-26(25)32)21-29(38)36-18-16-35(17-19-36)28-15-14-27(33-34-28)23-6-2-1-3-7-23/h1-15H,16-21H2. The summed E-state index contributed by atoms with van der Waals surface area (Å²) in [6.07, 6.45) is 0. The van der Waals surface area contributed by atoms with Gasteiger partial charge >= 0.3 is 0 Å². The third kappa shape index (κ3) is 6.26. The fourth-order valence-electron chi connectivity index (χ4n) is 4.52. The number of hydrogen-bond donors (Lipinski definition) is 0. The van der Waals surface area contributed by atoms with Crippen LogP contribution in [0.4, 0.5) is 14.6 Å². The van der Waals surface area contributed by atoms with Crippen LogP contribution in [0.3, 0.4) is 0 Å². The number of carbonyl (C=O) groups excluding carboxylic acids is 2. The number of anilines is 1. The van der Waals surface area contributed by atoms with Crippen molar-refractivity contribution in [2.24, 2.45) is 0 Å². The van der Waals surface area contributed by atoms with Crippen LogP contribution in [0.25, 0.3) is 11.3 Å². The molecule has 39 heavy (non-hydrogen) atoms. The van der Waals surface area contributed by atoms with E-state index in [2.05, 4.69) is 15.1 Å². The third-order valence-corrected chi connectivity index (χ3v) is 6.68. The number of nitrogens with zero attached hydrogens (tertiary/aromatic N) is 5. The summed E-state index contributed by atoms with van der Waals surface area (Å²) in [4.78, 5) is 31.5. The van der Waals surface area contributed by atoms with Crippen LogP contribution in [0, 0.1) is 11.6 Å². The van der Waals surface area contributed by atoms with E-state index in [9.17, 15) is 18.4 Å². The van der Waals surface area contributed by atoms with Crippen LogP contribution < -0.4 is 4.90 Å². The quantitative estimate of drug-likeness (QED) is 0.356. The first-order valence-corrected chi connectivity index (χ1v) is 12.7. The summed E-state index contributed by atoms with van der Waals surface area (Å²) in [5.74, 6) is -1.18. The molecule has 2 heterocycles. The Morgan fingerprint density at radius 1 is 0.769 bits per heavy atom. The zero-order chi connectivity index (χ0) is 27.2. The largest absolute Gasteiger partial charge is 0.352 e. The van der Waals surface area contributed by atoms with Gasteiger partial charge in [-0.15, -0.1) is 10.2 Å². The SMILES string of the molecule is O=C(CN(Cc1ccc(F)cc1)C(=O)c1ccccc1F)N1CCN(c2ccc(-c3ccccc3)nn2)CC1. The van der Waals surface area contributed by atoms with Gasteiger partial charge in [-0.2, -0.15) is 0 Å². The van der Waals surface area contributed by atoms with Gasteiger partial charge in [0.05, 0.1) is 11.3 Å². The highest BCUT2D eigenvalue weighted by molar-refractivity contribution is 5.96. The predicted octanol–water partition coefficient (Wildman–Crippen LogP) is 4.41. The van der Waals surface area contributed by atoms with E-state index in [1.807, 2.05) is 42.5 Å². The number of rotatable bonds is 7. The van der Waals surface area contributed by atoms with Crippen LogP contribution in [0.15, 0.2) is 91.0 Å². The Balaban J connectivity index is 1.24. The highest BCUT2D eigenvalue weighted by atomic mass is 19.1. The molecular weight excluding hydrogens is 500 g/mol. The molecule has 0 bridgehead atoms. The van der Waals surface area contributed by atoms with Gasteiger partial charge in [-0.05, 0) is 42.0 Å². The maximum Gasteiger partial charge on any atom is 0.257 e. The fraction of sp³-hybridized carbons (Fsp3) is 0.200. The summed E-state index contributed by atoms with van der Waals surface area (Å²) in [7, 11) is 0. The molecule has 1 aromatic heterocycles. The normalized spacial score (nSPS) is 13.3. The number of halogens is 2. The third-order valence-electron chi connectivity index (χ3n) is 6.68. The molecule has 0 radical (unpaired) electrons. The van der Waals surface area contributed by atoms with Gasteiger partial charge < -0.3 is 14.7 Å². The highest BCUT2D eigenvalue weighted by Gasteiger charge is 2.27. The number of amides is 2. The second kappa shape index (κ2) is 11.8. The first-order valence-electron chi connectivity index (χ1n) is 12.7. The molecule has 0 spiro atoms. The Labute approximate surface area is 225 Å². The van der Waals surface area contributed by atoms with Crippen molar-refractivity contribution in [3.63, 3.8) is 0 Å². The van der Waals surface area contributed by atoms with Crippen molar-refractivity contribution in [3.05, 3.63) is 114 Å². The summed E-state index contributed by atoms with van der Waals surface area (Å²) in [6.45, 7) is 1.83. The number of piperazine rings is 1. The monoisotopic (exact) mass is 527 g/mol. The lowest BCUT2D eigenvalue weighted by Gasteiger charge is -2.36. The van der Waals surface area contributed by atoms with Crippen molar-refractivity contribution in [1.29, 1.82) is 0 Å². The second-order valence-corrected chi connectivity index (χ2v) is 9.28. The Bertz CT molecular complexity index is 1420. The van der Waals surface area contributed by atoms with E-state index in [0.717, 1.165) is 17.1 Å². The molecule has 0 unspecified atom stereocenters. The molecular formula is C30H27F2N5O2. The van der Waals surface area contributed by atoms with E-state index in [4.69, 9.17) is 0 Å². The Hall–Kier alpha value is -4.66. The summed E-state index contributed by atoms with van der Waals surface area (Å²) < 4.78 is 27.8. The predicted molar refractivity (Wildman–Crippen MR) is 144 cm³/mol. The molecule has 0 N–H and O–H groups in total. The fourth-order valence-corrected chi connectivity index (χ4v) is 4.52. The Kier molecular flexibility index (Phi) is 7.86. The minimum atomic E-state index is -0.660. The molecule has 7 nitrogen and oxygen atoms in total. The van der Waals surface area contributed by atoms with Crippen molar-refractivity contribution in [2.45, 2.75) is 6.54 Å². The Morgan fingerprint density at radius 2 is 1.46 bits per heavy atom. The average molecular weight is 528 g/mol. The zero-order valence-electron chi connectivity index (χ0n) is 21.2. The summed E-state index contributed by atoms with van der Waals surface area (Å²) in [5, 5.41) is 8.72. The molecule has 1 saturated heterocycles. The van der Waals surface area contributed by atoms with E-state index in [-0.39, 0.29) is 24.6 Å². The van der Waals surface area contributed by atoms with Crippen LogP contribution >= 0.6 is 0 Å². The number of benzene rings is 3. The zero-order valence-corrected chi connectivity index (χ0v) is 21.2. The van der Waals surface area contributed by atoms with Gasteiger partial charge in [0.2, 0.25) is 5.91 Å². The van der Waals surface area contributed by atoms with Crippen molar-refractivity contribution in [3.8, 4) is 11.3 Å². The van der Waals surface area contributed by atoms with Crippen molar-refractivity contribution >= 4 is 17.6 Å². The molecule has 2 amide bonds. The lowest BCUT2D eigenvalue weighted by molar-refractivity contribution is -0.132. The molecule has 0 aliphatic carbocycles. The topological polar surface area (TPSA) is 69.6 Å². The van der Waals surface area contributed by atoms with Gasteiger partial charge in [-0.25, -0.2) is 8.78 Å². The van der Waals surface area contributed by atoms with Crippen LogP contribution in [-0.2, 0) is 11.3 Å². The molecule has 9 heteroatoms. The van der Waals surface area contributed by atoms with Crippen LogP contribution in [0.5, 0.6) is 0 Å². The van der Waals surface area contributed by atoms with E-state index < -0.39 is 17.5 Å². The minimum Gasteiger partial charge on any atom is -0.352 e.